The third kappa shape index (κ3) is 4.91. The molecule has 1 amide bonds. The SMILES string of the molecule is COC(=O)CCN(C)C(=O)c1cccc(OC(C)C)c1. The van der Waals surface area contributed by atoms with E-state index in [0.29, 0.717) is 17.9 Å². The van der Waals surface area contributed by atoms with Crippen LogP contribution in [-0.2, 0) is 9.53 Å². The first-order valence-electron chi connectivity index (χ1n) is 6.53. The van der Waals surface area contributed by atoms with Crippen molar-refractivity contribution in [2.24, 2.45) is 0 Å². The van der Waals surface area contributed by atoms with Gasteiger partial charge in [0.15, 0.2) is 0 Å². The van der Waals surface area contributed by atoms with Crippen LogP contribution < -0.4 is 4.74 Å². The van der Waals surface area contributed by atoms with E-state index in [0.717, 1.165) is 0 Å². The molecule has 0 atom stereocenters. The maximum Gasteiger partial charge on any atom is 0.307 e. The van der Waals surface area contributed by atoms with E-state index < -0.39 is 0 Å². The summed E-state index contributed by atoms with van der Waals surface area (Å²) < 4.78 is 10.1. The van der Waals surface area contributed by atoms with Gasteiger partial charge < -0.3 is 14.4 Å². The van der Waals surface area contributed by atoms with Crippen molar-refractivity contribution in [3.63, 3.8) is 0 Å². The van der Waals surface area contributed by atoms with Gasteiger partial charge in [-0.05, 0) is 32.0 Å². The predicted molar refractivity (Wildman–Crippen MR) is 75.8 cm³/mol. The molecule has 0 spiro atoms. The van der Waals surface area contributed by atoms with E-state index >= 15 is 0 Å². The molecule has 0 bridgehead atoms. The van der Waals surface area contributed by atoms with E-state index in [1.54, 1.807) is 25.2 Å². The van der Waals surface area contributed by atoms with Crippen molar-refractivity contribution >= 4 is 11.9 Å². The number of hydrogen-bond donors (Lipinski definition) is 0. The number of hydrogen-bond acceptors (Lipinski definition) is 4. The molecule has 20 heavy (non-hydrogen) atoms. The van der Waals surface area contributed by atoms with E-state index in [1.807, 2.05) is 19.9 Å². The van der Waals surface area contributed by atoms with Crippen LogP contribution in [-0.4, -0.2) is 43.6 Å². The van der Waals surface area contributed by atoms with Gasteiger partial charge in [-0.1, -0.05) is 6.07 Å². The van der Waals surface area contributed by atoms with E-state index in [2.05, 4.69) is 4.74 Å². The molecule has 1 aromatic carbocycles. The Hall–Kier alpha value is -2.04. The van der Waals surface area contributed by atoms with Crippen LogP contribution in [0.5, 0.6) is 5.75 Å². The lowest BCUT2D eigenvalue weighted by molar-refractivity contribution is -0.140. The average Bonchev–Trinajstić information content (AvgIpc) is 2.43. The summed E-state index contributed by atoms with van der Waals surface area (Å²) in [6.45, 7) is 4.18. The molecule has 0 aromatic heterocycles. The molecule has 0 aliphatic carbocycles. The van der Waals surface area contributed by atoms with E-state index in [9.17, 15) is 9.59 Å². The lowest BCUT2D eigenvalue weighted by atomic mass is 10.2. The summed E-state index contributed by atoms with van der Waals surface area (Å²) in [5.74, 6) is 0.178. The van der Waals surface area contributed by atoms with Gasteiger partial charge in [-0.25, -0.2) is 0 Å². The molecular formula is C15H21NO4. The van der Waals surface area contributed by atoms with Gasteiger partial charge in [-0.2, -0.15) is 0 Å². The topological polar surface area (TPSA) is 55.8 Å². The second-order valence-corrected chi connectivity index (χ2v) is 4.75. The Bertz CT molecular complexity index is 471. The first-order chi connectivity index (χ1) is 9.43. The highest BCUT2D eigenvalue weighted by atomic mass is 16.5. The molecule has 0 saturated carbocycles. The van der Waals surface area contributed by atoms with Crippen LogP contribution in [0.1, 0.15) is 30.6 Å². The number of amides is 1. The van der Waals surface area contributed by atoms with Crippen LogP contribution in [0.2, 0.25) is 0 Å². The van der Waals surface area contributed by atoms with Gasteiger partial charge in [-0.3, -0.25) is 9.59 Å². The summed E-state index contributed by atoms with van der Waals surface area (Å²) in [5, 5.41) is 0. The molecule has 0 aliphatic heterocycles. The number of rotatable bonds is 6. The van der Waals surface area contributed by atoms with E-state index in [4.69, 9.17) is 4.74 Å². The summed E-state index contributed by atoms with van der Waals surface area (Å²) in [4.78, 5) is 24.8. The molecule has 110 valence electrons. The standard InChI is InChI=1S/C15H21NO4/c1-11(2)20-13-7-5-6-12(10-13)15(18)16(3)9-8-14(17)19-4/h5-7,10-11H,8-9H2,1-4H3. The van der Waals surface area contributed by atoms with Gasteiger partial charge in [0, 0.05) is 19.2 Å². The van der Waals surface area contributed by atoms with Gasteiger partial charge in [0.25, 0.3) is 5.91 Å². The van der Waals surface area contributed by atoms with Crippen molar-refractivity contribution in [3.05, 3.63) is 29.8 Å². The molecule has 0 heterocycles. The van der Waals surface area contributed by atoms with Crippen LogP contribution in [0.4, 0.5) is 0 Å². The summed E-state index contributed by atoms with van der Waals surface area (Å²) in [6, 6.07) is 7.02. The van der Waals surface area contributed by atoms with Crippen molar-refractivity contribution in [3.8, 4) is 5.75 Å². The Morgan fingerprint density at radius 3 is 2.60 bits per heavy atom. The molecule has 5 heteroatoms. The van der Waals surface area contributed by atoms with E-state index in [1.165, 1.54) is 12.0 Å². The zero-order valence-corrected chi connectivity index (χ0v) is 12.4. The lowest BCUT2D eigenvalue weighted by Gasteiger charge is -2.17. The summed E-state index contributed by atoms with van der Waals surface area (Å²) in [5.41, 5.74) is 0.538. The minimum Gasteiger partial charge on any atom is -0.491 e. The fourth-order valence-corrected chi connectivity index (χ4v) is 1.66. The number of benzene rings is 1. The third-order valence-corrected chi connectivity index (χ3v) is 2.68. The molecule has 1 aromatic rings. The van der Waals surface area contributed by atoms with Gasteiger partial charge >= 0.3 is 5.97 Å². The minimum absolute atomic E-state index is 0.0532. The monoisotopic (exact) mass is 279 g/mol. The number of nitrogens with zero attached hydrogens (tertiary/aromatic N) is 1. The Morgan fingerprint density at radius 1 is 1.30 bits per heavy atom. The zero-order chi connectivity index (χ0) is 15.1. The van der Waals surface area contributed by atoms with Gasteiger partial charge in [-0.15, -0.1) is 0 Å². The fraction of sp³-hybridized carbons (Fsp3) is 0.467. The Balaban J connectivity index is 2.68. The Labute approximate surface area is 119 Å². The van der Waals surface area contributed by atoms with Crippen molar-refractivity contribution in [1.82, 2.24) is 4.90 Å². The maximum atomic E-state index is 12.2. The predicted octanol–water partition coefficient (Wildman–Crippen LogP) is 2.11. The fourth-order valence-electron chi connectivity index (χ4n) is 1.66. The molecule has 0 fully saturated rings. The summed E-state index contributed by atoms with van der Waals surface area (Å²) >= 11 is 0. The number of esters is 1. The number of methoxy groups -OCH3 is 1. The molecule has 0 aliphatic rings. The molecule has 0 unspecified atom stereocenters. The summed E-state index contributed by atoms with van der Waals surface area (Å²) in [7, 11) is 2.98. The Morgan fingerprint density at radius 2 is 2.00 bits per heavy atom. The average molecular weight is 279 g/mol. The second-order valence-electron chi connectivity index (χ2n) is 4.75. The van der Waals surface area contributed by atoms with Gasteiger partial charge in [0.1, 0.15) is 5.75 Å². The van der Waals surface area contributed by atoms with Crippen molar-refractivity contribution in [1.29, 1.82) is 0 Å². The molecule has 5 nitrogen and oxygen atoms in total. The van der Waals surface area contributed by atoms with Crippen LogP contribution in [0.25, 0.3) is 0 Å². The minimum atomic E-state index is -0.332. The van der Waals surface area contributed by atoms with Crippen molar-refractivity contribution in [2.75, 3.05) is 20.7 Å². The normalized spacial score (nSPS) is 10.2. The highest BCUT2D eigenvalue weighted by molar-refractivity contribution is 5.94. The van der Waals surface area contributed by atoms with Crippen LogP contribution in [0.15, 0.2) is 24.3 Å². The molecular weight excluding hydrogens is 258 g/mol. The summed E-state index contributed by atoms with van der Waals surface area (Å²) in [6.07, 6.45) is 0.235. The molecule has 0 saturated heterocycles. The number of ether oxygens (including phenoxy) is 2. The largest absolute Gasteiger partial charge is 0.491 e. The highest BCUT2D eigenvalue weighted by Gasteiger charge is 2.14. The zero-order valence-electron chi connectivity index (χ0n) is 12.4. The van der Waals surface area contributed by atoms with Crippen LogP contribution in [0.3, 0.4) is 0 Å². The van der Waals surface area contributed by atoms with E-state index in [-0.39, 0.29) is 24.4 Å². The lowest BCUT2D eigenvalue weighted by Crippen LogP contribution is -2.29. The number of carbonyl (C=O) groups is 2. The van der Waals surface area contributed by atoms with Crippen LogP contribution in [0, 0.1) is 0 Å². The quantitative estimate of drug-likeness (QED) is 0.748. The first kappa shape index (κ1) is 16.0. The van der Waals surface area contributed by atoms with Gasteiger partial charge in [0.05, 0.1) is 19.6 Å². The maximum absolute atomic E-state index is 12.2. The molecule has 0 radical (unpaired) electrons. The third-order valence-electron chi connectivity index (χ3n) is 2.68. The van der Waals surface area contributed by atoms with Crippen molar-refractivity contribution < 1.29 is 19.1 Å². The van der Waals surface area contributed by atoms with Crippen molar-refractivity contribution in [2.45, 2.75) is 26.4 Å². The first-order valence-corrected chi connectivity index (χ1v) is 6.53. The van der Waals surface area contributed by atoms with Crippen LogP contribution >= 0.6 is 0 Å². The molecule has 1 rings (SSSR count). The smallest absolute Gasteiger partial charge is 0.307 e. The highest BCUT2D eigenvalue weighted by Crippen LogP contribution is 2.16. The number of carbonyl (C=O) groups excluding carboxylic acids is 2. The molecule has 0 N–H and O–H groups in total. The second kappa shape index (κ2) is 7.53. The Kier molecular flexibility index (Phi) is 6.03. The van der Waals surface area contributed by atoms with Gasteiger partial charge in [0.2, 0.25) is 0 Å².